The first kappa shape index (κ1) is 9.02. The van der Waals surface area contributed by atoms with E-state index in [0.717, 1.165) is 12.3 Å². The number of benzene rings is 1. The molecule has 15 heavy (non-hydrogen) atoms. The van der Waals surface area contributed by atoms with Gasteiger partial charge in [0.15, 0.2) is 0 Å². The second-order valence-electron chi connectivity index (χ2n) is 4.57. The number of rotatable bonds is 1. The van der Waals surface area contributed by atoms with E-state index in [1.807, 2.05) is 6.07 Å². The molecule has 1 aliphatic heterocycles. The molecule has 78 valence electrons. The summed E-state index contributed by atoms with van der Waals surface area (Å²) in [5, 5.41) is 0. The van der Waals surface area contributed by atoms with E-state index in [1.165, 1.54) is 30.6 Å². The normalized spacial score (nSPS) is 31.6. The van der Waals surface area contributed by atoms with E-state index in [4.69, 9.17) is 4.74 Å². The predicted octanol–water partition coefficient (Wildman–Crippen LogP) is 3.62. The highest BCUT2D eigenvalue weighted by atomic mass is 16.5. The fourth-order valence-electron chi connectivity index (χ4n) is 2.72. The van der Waals surface area contributed by atoms with Crippen molar-refractivity contribution < 1.29 is 4.74 Å². The molecule has 2 atom stereocenters. The van der Waals surface area contributed by atoms with E-state index >= 15 is 0 Å². The molecule has 1 aromatic rings. The Bertz CT molecular complexity index is 352. The monoisotopic (exact) mass is 200 g/mol. The highest BCUT2D eigenvalue weighted by molar-refractivity contribution is 5.51. The van der Waals surface area contributed by atoms with Crippen LogP contribution in [-0.4, -0.2) is 6.10 Å². The Labute approximate surface area is 90.8 Å². The second-order valence-corrected chi connectivity index (χ2v) is 4.57. The zero-order valence-corrected chi connectivity index (χ0v) is 8.86. The van der Waals surface area contributed by atoms with Gasteiger partial charge in [0.25, 0.3) is 0 Å². The summed E-state index contributed by atoms with van der Waals surface area (Å²) in [5.41, 5.74) is 1.26. The minimum absolute atomic E-state index is 0.528. The average Bonchev–Trinajstić information content (AvgIpc) is 2.79. The molecule has 0 aromatic heterocycles. The maximum absolute atomic E-state index is 5.95. The SMILES string of the molecule is C(=C1/C[C@@H]2CCC[C@@H]2O1)/c1ccccc1. The smallest absolute Gasteiger partial charge is 0.101 e. The highest BCUT2D eigenvalue weighted by Crippen LogP contribution is 2.41. The lowest BCUT2D eigenvalue weighted by molar-refractivity contribution is 0.149. The molecule has 3 rings (SSSR count). The summed E-state index contributed by atoms with van der Waals surface area (Å²) in [7, 11) is 0. The molecule has 0 amide bonds. The van der Waals surface area contributed by atoms with Crippen LogP contribution < -0.4 is 0 Å². The Balaban J connectivity index is 1.77. The molecule has 0 unspecified atom stereocenters. The van der Waals surface area contributed by atoms with Crippen molar-refractivity contribution in [1.29, 1.82) is 0 Å². The van der Waals surface area contributed by atoms with Crippen LogP contribution in [-0.2, 0) is 4.74 Å². The fraction of sp³-hybridized carbons (Fsp3) is 0.429. The molecule has 2 fully saturated rings. The number of allylic oxidation sites excluding steroid dienone is 1. The maximum atomic E-state index is 5.95. The van der Waals surface area contributed by atoms with E-state index < -0.39 is 0 Å². The highest BCUT2D eigenvalue weighted by Gasteiger charge is 2.35. The van der Waals surface area contributed by atoms with Crippen molar-refractivity contribution in [3.63, 3.8) is 0 Å². The van der Waals surface area contributed by atoms with Gasteiger partial charge in [0, 0.05) is 12.3 Å². The van der Waals surface area contributed by atoms with Gasteiger partial charge in [0.05, 0.1) is 5.76 Å². The van der Waals surface area contributed by atoms with Crippen molar-refractivity contribution in [2.45, 2.75) is 31.8 Å². The van der Waals surface area contributed by atoms with Crippen LogP contribution in [0.3, 0.4) is 0 Å². The Morgan fingerprint density at radius 1 is 1.13 bits per heavy atom. The molecule has 1 aliphatic carbocycles. The molecule has 2 aliphatic rings. The third-order valence-corrected chi connectivity index (χ3v) is 3.48. The van der Waals surface area contributed by atoms with E-state index in [-0.39, 0.29) is 0 Å². The molecule has 0 spiro atoms. The van der Waals surface area contributed by atoms with E-state index in [9.17, 15) is 0 Å². The standard InChI is InChI=1S/C14H16O/c1-2-5-11(6-3-1)9-13-10-12-7-4-8-14(12)15-13/h1-3,5-6,9,12,14H,4,7-8,10H2/b13-9+/t12-,14-/m0/s1. The summed E-state index contributed by atoms with van der Waals surface area (Å²) in [5.74, 6) is 2.00. The van der Waals surface area contributed by atoms with Gasteiger partial charge in [0.2, 0.25) is 0 Å². The molecule has 1 nitrogen and oxygen atoms in total. The number of ether oxygens (including phenoxy) is 1. The van der Waals surface area contributed by atoms with Crippen molar-refractivity contribution in [3.05, 3.63) is 41.7 Å². The quantitative estimate of drug-likeness (QED) is 0.672. The van der Waals surface area contributed by atoms with Crippen LogP contribution in [0.1, 0.15) is 31.2 Å². The summed E-state index contributed by atoms with van der Waals surface area (Å²) in [6, 6.07) is 10.4. The molecule has 0 N–H and O–H groups in total. The summed E-state index contributed by atoms with van der Waals surface area (Å²) in [6.07, 6.45) is 7.85. The minimum Gasteiger partial charge on any atom is -0.494 e. The third-order valence-electron chi connectivity index (χ3n) is 3.48. The molecule has 1 saturated carbocycles. The van der Waals surface area contributed by atoms with Crippen LogP contribution in [0.15, 0.2) is 36.1 Å². The third kappa shape index (κ3) is 1.79. The lowest BCUT2D eigenvalue weighted by Gasteiger charge is -2.06. The summed E-state index contributed by atoms with van der Waals surface area (Å²) in [4.78, 5) is 0. The van der Waals surface area contributed by atoms with Gasteiger partial charge >= 0.3 is 0 Å². The molecule has 0 radical (unpaired) electrons. The summed E-state index contributed by atoms with van der Waals surface area (Å²) >= 11 is 0. The first-order chi connectivity index (χ1) is 7.42. The number of fused-ring (bicyclic) bond motifs is 1. The Hall–Kier alpha value is -1.24. The predicted molar refractivity (Wildman–Crippen MR) is 61.3 cm³/mol. The van der Waals surface area contributed by atoms with Gasteiger partial charge < -0.3 is 4.74 Å². The van der Waals surface area contributed by atoms with Crippen molar-refractivity contribution in [2.24, 2.45) is 5.92 Å². The molecular formula is C14H16O. The van der Waals surface area contributed by atoms with Crippen LogP contribution in [0.2, 0.25) is 0 Å². The van der Waals surface area contributed by atoms with Crippen molar-refractivity contribution in [1.82, 2.24) is 0 Å². The van der Waals surface area contributed by atoms with Crippen molar-refractivity contribution in [3.8, 4) is 0 Å². The summed E-state index contributed by atoms with van der Waals surface area (Å²) in [6.45, 7) is 0. The van der Waals surface area contributed by atoms with E-state index in [2.05, 4.69) is 30.3 Å². The van der Waals surface area contributed by atoms with Crippen LogP contribution in [0.5, 0.6) is 0 Å². The van der Waals surface area contributed by atoms with E-state index in [1.54, 1.807) is 0 Å². The molecule has 0 bridgehead atoms. The molecular weight excluding hydrogens is 184 g/mol. The first-order valence-electron chi connectivity index (χ1n) is 5.84. The number of hydrogen-bond donors (Lipinski definition) is 0. The lowest BCUT2D eigenvalue weighted by Crippen LogP contribution is -2.06. The maximum Gasteiger partial charge on any atom is 0.101 e. The van der Waals surface area contributed by atoms with Crippen LogP contribution in [0.4, 0.5) is 0 Å². The van der Waals surface area contributed by atoms with Crippen molar-refractivity contribution >= 4 is 6.08 Å². The summed E-state index contributed by atoms with van der Waals surface area (Å²) < 4.78 is 5.95. The van der Waals surface area contributed by atoms with Gasteiger partial charge in [-0.2, -0.15) is 0 Å². The molecule has 1 aromatic carbocycles. The zero-order chi connectivity index (χ0) is 10.1. The zero-order valence-electron chi connectivity index (χ0n) is 8.86. The van der Waals surface area contributed by atoms with Gasteiger partial charge in [-0.05, 0) is 30.9 Å². The van der Waals surface area contributed by atoms with Crippen LogP contribution in [0.25, 0.3) is 6.08 Å². The van der Waals surface area contributed by atoms with Gasteiger partial charge in [-0.1, -0.05) is 30.3 Å². The number of hydrogen-bond acceptors (Lipinski definition) is 1. The van der Waals surface area contributed by atoms with Crippen molar-refractivity contribution in [2.75, 3.05) is 0 Å². The van der Waals surface area contributed by atoms with Crippen LogP contribution in [0, 0.1) is 5.92 Å². The molecule has 1 heteroatoms. The largest absolute Gasteiger partial charge is 0.494 e. The Kier molecular flexibility index (Phi) is 2.24. The average molecular weight is 200 g/mol. The first-order valence-corrected chi connectivity index (χ1v) is 5.84. The second kappa shape index (κ2) is 3.73. The Morgan fingerprint density at radius 3 is 2.80 bits per heavy atom. The Morgan fingerprint density at radius 2 is 2.00 bits per heavy atom. The topological polar surface area (TPSA) is 9.23 Å². The van der Waals surface area contributed by atoms with Gasteiger partial charge in [-0.3, -0.25) is 0 Å². The van der Waals surface area contributed by atoms with Crippen LogP contribution >= 0.6 is 0 Å². The molecule has 1 heterocycles. The van der Waals surface area contributed by atoms with Gasteiger partial charge in [-0.15, -0.1) is 0 Å². The minimum atomic E-state index is 0.528. The van der Waals surface area contributed by atoms with E-state index in [0.29, 0.717) is 6.10 Å². The fourth-order valence-corrected chi connectivity index (χ4v) is 2.72. The van der Waals surface area contributed by atoms with Gasteiger partial charge in [0.1, 0.15) is 6.10 Å². The van der Waals surface area contributed by atoms with Gasteiger partial charge in [-0.25, -0.2) is 0 Å². The lowest BCUT2D eigenvalue weighted by atomic mass is 10.0. The molecule has 1 saturated heterocycles.